The van der Waals surface area contributed by atoms with Crippen LogP contribution in [0.15, 0.2) is 0 Å². The number of nitrogens with one attached hydrogen (secondary N) is 1. The summed E-state index contributed by atoms with van der Waals surface area (Å²) < 4.78 is 0. The van der Waals surface area contributed by atoms with Crippen molar-refractivity contribution in [2.75, 3.05) is 13.1 Å². The van der Waals surface area contributed by atoms with Gasteiger partial charge in [-0.1, -0.05) is 6.92 Å². The van der Waals surface area contributed by atoms with E-state index in [1.54, 1.807) is 0 Å². The van der Waals surface area contributed by atoms with Crippen LogP contribution < -0.4 is 5.32 Å². The molecule has 0 bridgehead atoms. The molecule has 2 saturated carbocycles. The van der Waals surface area contributed by atoms with Crippen molar-refractivity contribution in [1.82, 2.24) is 5.32 Å². The fraction of sp³-hybridized carbons (Fsp3) is 1.00. The van der Waals surface area contributed by atoms with Gasteiger partial charge in [0.05, 0.1) is 0 Å². The van der Waals surface area contributed by atoms with Gasteiger partial charge in [0.1, 0.15) is 0 Å². The van der Waals surface area contributed by atoms with E-state index in [2.05, 4.69) is 12.2 Å². The zero-order valence-electron chi connectivity index (χ0n) is 7.53. The molecule has 2 fully saturated rings. The Morgan fingerprint density at radius 2 is 2.09 bits per heavy atom. The number of hydrogen-bond acceptors (Lipinski definition) is 1. The Morgan fingerprint density at radius 1 is 1.36 bits per heavy atom. The molecular weight excluding hydrogens is 134 g/mol. The van der Waals surface area contributed by atoms with E-state index in [1.165, 1.54) is 45.2 Å². The van der Waals surface area contributed by atoms with Gasteiger partial charge in [-0.2, -0.15) is 0 Å². The maximum absolute atomic E-state index is 3.60. The van der Waals surface area contributed by atoms with E-state index in [1.807, 2.05) is 0 Å². The van der Waals surface area contributed by atoms with Crippen molar-refractivity contribution >= 4 is 0 Å². The van der Waals surface area contributed by atoms with Crippen LogP contribution in [-0.4, -0.2) is 13.1 Å². The van der Waals surface area contributed by atoms with Crippen molar-refractivity contribution in [3.8, 4) is 0 Å². The van der Waals surface area contributed by atoms with Gasteiger partial charge in [0.15, 0.2) is 0 Å². The minimum absolute atomic E-state index is 0.745. The summed E-state index contributed by atoms with van der Waals surface area (Å²) in [6.07, 6.45) is 7.28. The first-order chi connectivity index (χ1) is 5.35. The highest BCUT2D eigenvalue weighted by Gasteiger charge is 2.40. The molecule has 1 N–H and O–H groups in total. The van der Waals surface area contributed by atoms with E-state index in [-0.39, 0.29) is 0 Å². The van der Waals surface area contributed by atoms with Gasteiger partial charge >= 0.3 is 0 Å². The molecule has 11 heavy (non-hydrogen) atoms. The molecule has 0 atom stereocenters. The van der Waals surface area contributed by atoms with Gasteiger partial charge in [-0.15, -0.1) is 0 Å². The van der Waals surface area contributed by atoms with Gasteiger partial charge in [0.2, 0.25) is 0 Å². The normalized spacial score (nSPS) is 27.0. The van der Waals surface area contributed by atoms with Crippen LogP contribution in [0.1, 0.15) is 39.0 Å². The lowest BCUT2D eigenvalue weighted by Gasteiger charge is -2.12. The Balaban J connectivity index is 1.58. The fourth-order valence-electron chi connectivity index (χ4n) is 1.70. The molecule has 2 rings (SSSR count). The second-order valence-electron chi connectivity index (χ2n) is 4.43. The van der Waals surface area contributed by atoms with Crippen LogP contribution in [0.4, 0.5) is 0 Å². The third kappa shape index (κ3) is 1.96. The predicted octanol–water partition coefficient (Wildman–Crippen LogP) is 2.18. The average Bonchev–Trinajstić information content (AvgIpc) is 2.80. The maximum Gasteiger partial charge on any atom is 0.000783 e. The van der Waals surface area contributed by atoms with Gasteiger partial charge in [-0.25, -0.2) is 0 Å². The second kappa shape index (κ2) is 2.78. The lowest BCUT2D eigenvalue weighted by atomic mass is 10.0. The number of hydrogen-bond donors (Lipinski definition) is 1. The molecule has 0 aliphatic heterocycles. The zero-order valence-corrected chi connectivity index (χ0v) is 7.53. The molecule has 0 aromatic carbocycles. The number of rotatable bonds is 5. The van der Waals surface area contributed by atoms with Crippen LogP contribution in [0.25, 0.3) is 0 Å². The van der Waals surface area contributed by atoms with Gasteiger partial charge < -0.3 is 5.32 Å². The Bertz CT molecular complexity index is 134. The predicted molar refractivity (Wildman–Crippen MR) is 47.6 cm³/mol. The minimum Gasteiger partial charge on any atom is -0.316 e. The van der Waals surface area contributed by atoms with Crippen LogP contribution in [0.5, 0.6) is 0 Å². The van der Waals surface area contributed by atoms with Crippen molar-refractivity contribution in [2.24, 2.45) is 11.3 Å². The molecule has 0 radical (unpaired) electrons. The van der Waals surface area contributed by atoms with Crippen molar-refractivity contribution in [1.29, 1.82) is 0 Å². The molecule has 2 aliphatic carbocycles. The molecule has 2 aliphatic rings. The summed E-state index contributed by atoms with van der Waals surface area (Å²) >= 11 is 0. The maximum atomic E-state index is 3.60. The largest absolute Gasteiger partial charge is 0.316 e. The standard InChI is InChI=1S/C10H19N/c1-2-10(5-6-10)8-11-7-9-3-4-9/h9,11H,2-8H2,1H3. The topological polar surface area (TPSA) is 12.0 Å². The van der Waals surface area contributed by atoms with Gasteiger partial charge in [0, 0.05) is 6.54 Å². The molecule has 64 valence electrons. The summed E-state index contributed by atoms with van der Waals surface area (Å²) in [7, 11) is 0. The summed E-state index contributed by atoms with van der Waals surface area (Å²) in [5.74, 6) is 1.04. The van der Waals surface area contributed by atoms with Crippen LogP contribution >= 0.6 is 0 Å². The smallest absolute Gasteiger partial charge is 0.000783 e. The quantitative estimate of drug-likeness (QED) is 0.638. The Hall–Kier alpha value is -0.0400. The zero-order chi connectivity index (χ0) is 7.73. The SMILES string of the molecule is CCC1(CNCC2CC2)CC1. The second-order valence-corrected chi connectivity index (χ2v) is 4.43. The van der Waals surface area contributed by atoms with Gasteiger partial charge in [-0.3, -0.25) is 0 Å². The molecule has 1 heteroatoms. The highest BCUT2D eigenvalue weighted by atomic mass is 14.9. The highest BCUT2D eigenvalue weighted by Crippen LogP contribution is 2.47. The molecule has 0 heterocycles. The van der Waals surface area contributed by atoms with Crippen LogP contribution in [0.3, 0.4) is 0 Å². The van der Waals surface area contributed by atoms with Crippen molar-refractivity contribution < 1.29 is 0 Å². The highest BCUT2D eigenvalue weighted by molar-refractivity contribution is 4.93. The van der Waals surface area contributed by atoms with E-state index in [0.29, 0.717) is 0 Å². The van der Waals surface area contributed by atoms with E-state index < -0.39 is 0 Å². The summed E-state index contributed by atoms with van der Waals surface area (Å²) in [5, 5.41) is 3.60. The van der Waals surface area contributed by atoms with E-state index in [4.69, 9.17) is 0 Å². The van der Waals surface area contributed by atoms with Crippen molar-refractivity contribution in [3.05, 3.63) is 0 Å². The summed E-state index contributed by atoms with van der Waals surface area (Å²) in [6, 6.07) is 0. The summed E-state index contributed by atoms with van der Waals surface area (Å²) in [6.45, 7) is 4.91. The lowest BCUT2D eigenvalue weighted by Crippen LogP contribution is -2.25. The molecule has 0 saturated heterocycles. The Morgan fingerprint density at radius 3 is 2.55 bits per heavy atom. The Labute approximate surface area is 69.6 Å². The van der Waals surface area contributed by atoms with Crippen LogP contribution in [0.2, 0.25) is 0 Å². The molecule has 0 unspecified atom stereocenters. The molecule has 0 spiro atoms. The third-order valence-corrected chi connectivity index (χ3v) is 3.34. The van der Waals surface area contributed by atoms with Gasteiger partial charge in [-0.05, 0) is 50.0 Å². The summed E-state index contributed by atoms with van der Waals surface area (Å²) in [4.78, 5) is 0. The van der Waals surface area contributed by atoms with Crippen molar-refractivity contribution in [2.45, 2.75) is 39.0 Å². The minimum atomic E-state index is 0.745. The average molecular weight is 153 g/mol. The van der Waals surface area contributed by atoms with E-state index >= 15 is 0 Å². The van der Waals surface area contributed by atoms with Crippen molar-refractivity contribution in [3.63, 3.8) is 0 Å². The lowest BCUT2D eigenvalue weighted by molar-refractivity contribution is 0.438. The van der Waals surface area contributed by atoms with Crippen LogP contribution in [0, 0.1) is 11.3 Å². The van der Waals surface area contributed by atoms with Gasteiger partial charge in [0.25, 0.3) is 0 Å². The van der Waals surface area contributed by atoms with Crippen LogP contribution in [-0.2, 0) is 0 Å². The molecule has 0 aromatic rings. The first kappa shape index (κ1) is 7.60. The fourth-order valence-corrected chi connectivity index (χ4v) is 1.70. The summed E-state index contributed by atoms with van der Waals surface area (Å²) in [5.41, 5.74) is 0.745. The molecular formula is C10H19N. The molecule has 0 amide bonds. The Kier molecular flexibility index (Phi) is 1.92. The first-order valence-electron chi connectivity index (χ1n) is 5.05. The monoisotopic (exact) mass is 153 g/mol. The van der Waals surface area contributed by atoms with E-state index in [0.717, 1.165) is 11.3 Å². The molecule has 1 nitrogen and oxygen atoms in total. The molecule has 0 aromatic heterocycles. The third-order valence-electron chi connectivity index (χ3n) is 3.34. The first-order valence-corrected chi connectivity index (χ1v) is 5.05. The van der Waals surface area contributed by atoms with E-state index in [9.17, 15) is 0 Å².